The van der Waals surface area contributed by atoms with E-state index in [9.17, 15) is 9.59 Å². The van der Waals surface area contributed by atoms with Gasteiger partial charge in [0.1, 0.15) is 6.61 Å². The van der Waals surface area contributed by atoms with Crippen molar-refractivity contribution in [3.63, 3.8) is 0 Å². The second kappa shape index (κ2) is 11.6. The topological polar surface area (TPSA) is 77.6 Å². The van der Waals surface area contributed by atoms with E-state index < -0.39 is 0 Å². The molecule has 3 saturated heterocycles. The van der Waals surface area contributed by atoms with Crippen LogP contribution in [0, 0.1) is 0 Å². The number of nitrogens with one attached hydrogen (secondary N) is 1. The number of hydrogen-bond donors (Lipinski definition) is 1. The van der Waals surface area contributed by atoms with Crippen molar-refractivity contribution in [1.82, 2.24) is 19.6 Å². The molecule has 0 unspecified atom stereocenters. The van der Waals surface area contributed by atoms with Crippen LogP contribution < -0.4 is 5.32 Å². The van der Waals surface area contributed by atoms with Gasteiger partial charge in [-0.2, -0.15) is 0 Å². The fourth-order valence-corrected chi connectivity index (χ4v) is 5.85. The van der Waals surface area contributed by atoms with Crippen LogP contribution in [0.1, 0.15) is 31.2 Å². The van der Waals surface area contributed by atoms with Crippen LogP contribution in [-0.2, 0) is 15.9 Å². The van der Waals surface area contributed by atoms with Crippen molar-refractivity contribution in [2.45, 2.75) is 44.2 Å². The van der Waals surface area contributed by atoms with E-state index in [-0.39, 0.29) is 18.2 Å². The van der Waals surface area contributed by atoms with E-state index in [1.165, 1.54) is 5.56 Å². The summed E-state index contributed by atoms with van der Waals surface area (Å²) in [5.41, 5.74) is 2.08. The lowest BCUT2D eigenvalue weighted by atomic mass is 10.0. The summed E-state index contributed by atoms with van der Waals surface area (Å²) >= 11 is 0. The second-order valence-electron chi connectivity index (χ2n) is 10.1. The number of anilines is 1. The lowest BCUT2D eigenvalue weighted by molar-refractivity contribution is 0.00978. The molecule has 9 heteroatoms. The summed E-state index contributed by atoms with van der Waals surface area (Å²) in [4.78, 5) is 34.1. The van der Waals surface area contributed by atoms with Gasteiger partial charge in [0, 0.05) is 83.3 Å². The van der Waals surface area contributed by atoms with Gasteiger partial charge in [-0.25, -0.2) is 9.59 Å². The van der Waals surface area contributed by atoms with Crippen molar-refractivity contribution < 1.29 is 19.1 Å². The van der Waals surface area contributed by atoms with E-state index in [0.29, 0.717) is 32.3 Å². The van der Waals surface area contributed by atoms with Gasteiger partial charge in [0.2, 0.25) is 0 Å². The molecule has 192 valence electrons. The van der Waals surface area contributed by atoms with Gasteiger partial charge in [0.05, 0.1) is 0 Å². The maximum absolute atomic E-state index is 12.8. The summed E-state index contributed by atoms with van der Waals surface area (Å²) < 4.78 is 11.1. The summed E-state index contributed by atoms with van der Waals surface area (Å²) in [6.07, 6.45) is 4.48. The molecule has 0 atom stereocenters. The molecule has 0 aliphatic carbocycles. The molecule has 3 fully saturated rings. The molecule has 0 spiro atoms. The first-order valence-corrected chi connectivity index (χ1v) is 13.3. The van der Waals surface area contributed by atoms with E-state index in [0.717, 1.165) is 83.7 Å². The molecule has 1 aromatic carbocycles. The van der Waals surface area contributed by atoms with Crippen LogP contribution in [0.3, 0.4) is 0 Å². The number of piperazine rings is 1. The van der Waals surface area contributed by atoms with Crippen LogP contribution in [0.4, 0.5) is 15.3 Å². The average molecular weight is 486 g/mol. The Morgan fingerprint density at radius 1 is 0.943 bits per heavy atom. The van der Waals surface area contributed by atoms with Gasteiger partial charge in [0.15, 0.2) is 0 Å². The van der Waals surface area contributed by atoms with E-state index in [2.05, 4.69) is 21.2 Å². The molecule has 0 saturated carbocycles. The smallest absolute Gasteiger partial charge is 0.409 e. The first kappa shape index (κ1) is 24.3. The number of amides is 3. The number of carbonyl (C=O) groups excluding carboxylic acids is 2. The number of ether oxygens (including phenoxy) is 2. The van der Waals surface area contributed by atoms with Gasteiger partial charge >= 0.3 is 12.1 Å². The van der Waals surface area contributed by atoms with Crippen molar-refractivity contribution in [2.75, 3.05) is 77.5 Å². The Hall–Kier alpha value is -2.36. The summed E-state index contributed by atoms with van der Waals surface area (Å²) in [7, 11) is 0. The molecule has 9 nitrogen and oxygen atoms in total. The Kier molecular flexibility index (Phi) is 8.06. The predicted octanol–water partition coefficient (Wildman–Crippen LogP) is 2.47. The average Bonchev–Trinajstić information content (AvgIpc) is 3.08. The van der Waals surface area contributed by atoms with Crippen LogP contribution in [0.2, 0.25) is 0 Å². The van der Waals surface area contributed by atoms with Crippen molar-refractivity contribution in [1.29, 1.82) is 0 Å². The second-order valence-corrected chi connectivity index (χ2v) is 10.1. The molecule has 4 aliphatic rings. The van der Waals surface area contributed by atoms with Crippen LogP contribution in [0.15, 0.2) is 24.3 Å². The molecule has 4 aliphatic heterocycles. The van der Waals surface area contributed by atoms with E-state index >= 15 is 0 Å². The molecular weight excluding hydrogens is 446 g/mol. The summed E-state index contributed by atoms with van der Waals surface area (Å²) in [5, 5.41) is 3.05. The zero-order valence-corrected chi connectivity index (χ0v) is 20.7. The van der Waals surface area contributed by atoms with Crippen LogP contribution in [0.5, 0.6) is 0 Å². The number of benzene rings is 1. The fourth-order valence-electron chi connectivity index (χ4n) is 5.85. The third kappa shape index (κ3) is 6.08. The lowest BCUT2D eigenvalue weighted by Crippen LogP contribution is -2.52. The highest BCUT2D eigenvalue weighted by Gasteiger charge is 2.32. The van der Waals surface area contributed by atoms with Gasteiger partial charge in [-0.3, -0.25) is 9.80 Å². The summed E-state index contributed by atoms with van der Waals surface area (Å²) in [6.45, 7) is 9.19. The van der Waals surface area contributed by atoms with Gasteiger partial charge in [-0.15, -0.1) is 0 Å². The Morgan fingerprint density at radius 3 is 2.46 bits per heavy atom. The molecule has 1 aromatic rings. The van der Waals surface area contributed by atoms with E-state index in [1.807, 2.05) is 23.1 Å². The van der Waals surface area contributed by atoms with Crippen molar-refractivity contribution in [2.24, 2.45) is 0 Å². The minimum Gasteiger partial charge on any atom is -0.448 e. The lowest BCUT2D eigenvalue weighted by Gasteiger charge is -2.40. The number of urea groups is 1. The van der Waals surface area contributed by atoms with Crippen LogP contribution in [0.25, 0.3) is 0 Å². The van der Waals surface area contributed by atoms with E-state index in [1.54, 1.807) is 4.90 Å². The first-order valence-electron chi connectivity index (χ1n) is 13.3. The van der Waals surface area contributed by atoms with Gasteiger partial charge in [-0.05, 0) is 43.7 Å². The molecule has 0 radical (unpaired) electrons. The number of likely N-dealkylation sites (tertiary alicyclic amines) is 1. The Balaban J connectivity index is 0.995. The third-order valence-corrected chi connectivity index (χ3v) is 8.05. The Bertz CT molecular complexity index is 861. The number of nitrogens with zero attached hydrogens (tertiary/aromatic N) is 4. The number of piperidine rings is 1. The standard InChI is InChI=1S/C26H39N5O4/c32-25-27-24-4-2-1-3-21(24)5-12-31(25)23-6-10-30(11-7-23)26(33)35-20-17-28-13-15-29(16-14-28)22-8-18-34-19-9-22/h1-4,22-23H,5-20H2,(H,27,32). The molecule has 5 rings (SSSR count). The minimum absolute atomic E-state index is 0.0344. The van der Waals surface area contributed by atoms with Gasteiger partial charge in [-0.1, -0.05) is 18.2 Å². The summed E-state index contributed by atoms with van der Waals surface area (Å²) in [5.74, 6) is 0. The highest BCUT2D eigenvalue weighted by molar-refractivity contribution is 5.91. The molecule has 35 heavy (non-hydrogen) atoms. The van der Waals surface area contributed by atoms with Gasteiger partial charge in [0.25, 0.3) is 0 Å². The van der Waals surface area contributed by atoms with Crippen molar-refractivity contribution >= 4 is 17.8 Å². The fraction of sp³-hybridized carbons (Fsp3) is 0.692. The highest BCUT2D eigenvalue weighted by Crippen LogP contribution is 2.24. The Labute approximate surface area is 208 Å². The zero-order valence-electron chi connectivity index (χ0n) is 20.7. The zero-order chi connectivity index (χ0) is 24.0. The largest absolute Gasteiger partial charge is 0.448 e. The Morgan fingerprint density at radius 2 is 1.69 bits per heavy atom. The number of carbonyl (C=O) groups is 2. The van der Waals surface area contributed by atoms with Crippen molar-refractivity contribution in [3.05, 3.63) is 29.8 Å². The highest BCUT2D eigenvalue weighted by atomic mass is 16.6. The van der Waals surface area contributed by atoms with Crippen molar-refractivity contribution in [3.8, 4) is 0 Å². The number of rotatable bonds is 5. The maximum atomic E-state index is 12.8. The van der Waals surface area contributed by atoms with Crippen LogP contribution >= 0.6 is 0 Å². The molecule has 0 aromatic heterocycles. The van der Waals surface area contributed by atoms with Crippen LogP contribution in [-0.4, -0.2) is 116 Å². The number of hydrogen-bond acceptors (Lipinski definition) is 6. The molecule has 0 bridgehead atoms. The monoisotopic (exact) mass is 485 g/mol. The number of para-hydroxylation sites is 1. The minimum atomic E-state index is -0.225. The molecular formula is C26H39N5O4. The maximum Gasteiger partial charge on any atom is 0.409 e. The normalized spacial score (nSPS) is 23.5. The SMILES string of the molecule is O=C(OCCN1CCN(C2CCOCC2)CC1)N1CCC(N2CCc3ccccc3NC2=O)CC1. The summed E-state index contributed by atoms with van der Waals surface area (Å²) in [6, 6.07) is 8.78. The third-order valence-electron chi connectivity index (χ3n) is 8.05. The first-order chi connectivity index (χ1) is 17.2. The molecule has 1 N–H and O–H groups in total. The molecule has 4 heterocycles. The van der Waals surface area contributed by atoms with Gasteiger partial charge < -0.3 is 24.6 Å². The molecule has 3 amide bonds. The van der Waals surface area contributed by atoms with E-state index in [4.69, 9.17) is 9.47 Å². The predicted molar refractivity (Wildman–Crippen MR) is 134 cm³/mol. The quantitative estimate of drug-likeness (QED) is 0.691. The number of fused-ring (bicyclic) bond motifs is 1.